The second kappa shape index (κ2) is 4.86. The molecule has 0 saturated carbocycles. The minimum absolute atomic E-state index is 0.00675. The zero-order chi connectivity index (χ0) is 11.3. The largest absolute Gasteiger partial charge is 0.506 e. The minimum Gasteiger partial charge on any atom is -0.506 e. The molecule has 0 unspecified atom stereocenters. The Morgan fingerprint density at radius 2 is 2.33 bits per heavy atom. The van der Waals surface area contributed by atoms with Crippen LogP contribution in [0.4, 0.5) is 10.5 Å². The third kappa shape index (κ3) is 3.19. The van der Waals surface area contributed by atoms with Gasteiger partial charge >= 0.3 is 6.03 Å². The van der Waals surface area contributed by atoms with E-state index in [1.165, 1.54) is 6.07 Å². The molecule has 2 amide bonds. The molecule has 0 aliphatic rings. The van der Waals surface area contributed by atoms with Gasteiger partial charge in [0.1, 0.15) is 12.3 Å². The van der Waals surface area contributed by atoms with Crippen molar-refractivity contribution in [1.29, 1.82) is 5.26 Å². The molecule has 0 aromatic heterocycles. The van der Waals surface area contributed by atoms with E-state index in [9.17, 15) is 9.90 Å². The van der Waals surface area contributed by atoms with Crippen LogP contribution >= 0.6 is 0 Å². The number of rotatable bonds is 2. The number of phenolic OH excluding ortho intramolecular Hbond substituents is 1. The van der Waals surface area contributed by atoms with Gasteiger partial charge in [0.15, 0.2) is 0 Å². The Morgan fingerprint density at radius 3 is 3.00 bits per heavy atom. The van der Waals surface area contributed by atoms with E-state index < -0.39 is 6.03 Å². The lowest BCUT2D eigenvalue weighted by atomic mass is 10.2. The van der Waals surface area contributed by atoms with Gasteiger partial charge in [-0.05, 0) is 24.6 Å². The Labute approximate surface area is 87.3 Å². The topological polar surface area (TPSA) is 85.2 Å². The van der Waals surface area contributed by atoms with Crippen LogP contribution in [0.2, 0.25) is 0 Å². The highest BCUT2D eigenvalue weighted by atomic mass is 16.3. The number of anilines is 1. The number of nitrogens with zero attached hydrogens (tertiary/aromatic N) is 1. The maximum absolute atomic E-state index is 11.2. The van der Waals surface area contributed by atoms with Crippen LogP contribution in [-0.2, 0) is 0 Å². The fourth-order valence-electron chi connectivity index (χ4n) is 1.04. The van der Waals surface area contributed by atoms with E-state index in [4.69, 9.17) is 5.26 Å². The average Bonchev–Trinajstić information content (AvgIpc) is 2.20. The number of aromatic hydroxyl groups is 1. The number of phenols is 1. The van der Waals surface area contributed by atoms with Crippen molar-refractivity contribution in [2.75, 3.05) is 11.9 Å². The summed E-state index contributed by atoms with van der Waals surface area (Å²) >= 11 is 0. The summed E-state index contributed by atoms with van der Waals surface area (Å²) in [4.78, 5) is 11.2. The van der Waals surface area contributed by atoms with Gasteiger partial charge in [0.25, 0.3) is 0 Å². The molecular weight excluding hydrogens is 194 g/mol. The lowest BCUT2D eigenvalue weighted by Gasteiger charge is -2.07. The summed E-state index contributed by atoms with van der Waals surface area (Å²) in [6.07, 6.45) is 0. The first kappa shape index (κ1) is 10.9. The van der Waals surface area contributed by atoms with Gasteiger partial charge in [-0.25, -0.2) is 4.79 Å². The van der Waals surface area contributed by atoms with Crippen LogP contribution in [0.1, 0.15) is 5.56 Å². The van der Waals surface area contributed by atoms with Crippen LogP contribution in [0, 0.1) is 18.3 Å². The van der Waals surface area contributed by atoms with E-state index in [2.05, 4.69) is 10.6 Å². The highest BCUT2D eigenvalue weighted by Crippen LogP contribution is 2.23. The molecule has 0 aliphatic heterocycles. The summed E-state index contributed by atoms with van der Waals surface area (Å²) in [7, 11) is 0. The molecular formula is C10H11N3O2. The molecule has 0 saturated heterocycles. The summed E-state index contributed by atoms with van der Waals surface area (Å²) in [6, 6.07) is 6.12. The van der Waals surface area contributed by atoms with Crippen molar-refractivity contribution in [3.05, 3.63) is 23.8 Å². The number of nitrogens with one attached hydrogen (secondary N) is 2. The van der Waals surface area contributed by atoms with Gasteiger partial charge in [0, 0.05) is 0 Å². The van der Waals surface area contributed by atoms with Gasteiger partial charge in [-0.15, -0.1) is 0 Å². The zero-order valence-corrected chi connectivity index (χ0v) is 8.24. The molecule has 5 nitrogen and oxygen atoms in total. The van der Waals surface area contributed by atoms with Crippen LogP contribution in [0.3, 0.4) is 0 Å². The normalized spacial score (nSPS) is 9.07. The molecule has 15 heavy (non-hydrogen) atoms. The van der Waals surface area contributed by atoms with Crippen molar-refractivity contribution < 1.29 is 9.90 Å². The molecule has 0 aliphatic carbocycles. The number of nitriles is 1. The van der Waals surface area contributed by atoms with Crippen LogP contribution in [0.15, 0.2) is 18.2 Å². The predicted octanol–water partition coefficient (Wildman–Crippen LogP) is 1.35. The first-order valence-corrected chi connectivity index (χ1v) is 4.35. The predicted molar refractivity (Wildman–Crippen MR) is 55.5 cm³/mol. The molecule has 3 N–H and O–H groups in total. The Bertz CT molecular complexity index is 410. The SMILES string of the molecule is Cc1ccc(O)c(NC(=O)NCC#N)c1. The Morgan fingerprint density at radius 1 is 1.60 bits per heavy atom. The van der Waals surface area contributed by atoms with Gasteiger partial charge < -0.3 is 15.7 Å². The van der Waals surface area contributed by atoms with Crippen LogP contribution in [-0.4, -0.2) is 17.7 Å². The fourth-order valence-corrected chi connectivity index (χ4v) is 1.04. The second-order valence-corrected chi connectivity index (χ2v) is 2.99. The van der Waals surface area contributed by atoms with E-state index in [1.807, 2.05) is 6.92 Å². The highest BCUT2D eigenvalue weighted by molar-refractivity contribution is 5.91. The number of hydrogen-bond donors (Lipinski definition) is 3. The number of hydrogen-bond acceptors (Lipinski definition) is 3. The smallest absolute Gasteiger partial charge is 0.320 e. The third-order valence-corrected chi connectivity index (χ3v) is 1.73. The van der Waals surface area contributed by atoms with Crippen molar-refractivity contribution in [3.8, 4) is 11.8 Å². The minimum atomic E-state index is -0.516. The maximum Gasteiger partial charge on any atom is 0.320 e. The molecule has 78 valence electrons. The van der Waals surface area contributed by atoms with Gasteiger partial charge in [-0.3, -0.25) is 0 Å². The van der Waals surface area contributed by atoms with Crippen molar-refractivity contribution in [3.63, 3.8) is 0 Å². The number of urea groups is 1. The van der Waals surface area contributed by atoms with Crippen molar-refractivity contribution in [2.45, 2.75) is 6.92 Å². The number of carbonyl (C=O) groups is 1. The molecule has 0 fully saturated rings. The first-order chi connectivity index (χ1) is 7.13. The van der Waals surface area contributed by atoms with E-state index in [0.717, 1.165) is 5.56 Å². The molecule has 0 spiro atoms. The van der Waals surface area contributed by atoms with Crippen LogP contribution in [0.25, 0.3) is 0 Å². The number of carbonyl (C=O) groups excluding carboxylic acids is 1. The number of benzene rings is 1. The Hall–Kier alpha value is -2.22. The van der Waals surface area contributed by atoms with E-state index in [1.54, 1.807) is 18.2 Å². The third-order valence-electron chi connectivity index (χ3n) is 1.73. The maximum atomic E-state index is 11.2. The summed E-state index contributed by atoms with van der Waals surface area (Å²) < 4.78 is 0. The summed E-state index contributed by atoms with van der Waals surface area (Å²) in [6.45, 7) is 1.77. The molecule has 1 aromatic rings. The monoisotopic (exact) mass is 205 g/mol. The van der Waals surface area contributed by atoms with E-state index >= 15 is 0 Å². The summed E-state index contributed by atoms with van der Waals surface area (Å²) in [5.41, 5.74) is 1.24. The van der Waals surface area contributed by atoms with Crippen LogP contribution < -0.4 is 10.6 Å². The lowest BCUT2D eigenvalue weighted by Crippen LogP contribution is -2.28. The standard InChI is InChI=1S/C10H11N3O2/c1-7-2-3-9(14)8(6-7)13-10(15)12-5-4-11/h2-3,6,14H,5H2,1H3,(H2,12,13,15). The van der Waals surface area contributed by atoms with E-state index in [-0.39, 0.29) is 12.3 Å². The van der Waals surface area contributed by atoms with Gasteiger partial charge in [-0.1, -0.05) is 6.07 Å². The summed E-state index contributed by atoms with van der Waals surface area (Å²) in [5.74, 6) is -0.00675. The molecule has 0 atom stereocenters. The van der Waals surface area contributed by atoms with Gasteiger partial charge in [-0.2, -0.15) is 5.26 Å². The summed E-state index contributed by atoms with van der Waals surface area (Å²) in [5, 5.41) is 22.4. The molecule has 5 heteroatoms. The van der Waals surface area contributed by atoms with Crippen molar-refractivity contribution >= 4 is 11.7 Å². The molecule has 0 heterocycles. The molecule has 0 radical (unpaired) electrons. The lowest BCUT2D eigenvalue weighted by molar-refractivity contribution is 0.253. The fraction of sp³-hybridized carbons (Fsp3) is 0.200. The van der Waals surface area contributed by atoms with Gasteiger partial charge in [0.2, 0.25) is 0 Å². The van der Waals surface area contributed by atoms with Gasteiger partial charge in [0.05, 0.1) is 11.8 Å². The highest BCUT2D eigenvalue weighted by Gasteiger charge is 2.05. The molecule has 0 bridgehead atoms. The zero-order valence-electron chi connectivity index (χ0n) is 8.24. The Kier molecular flexibility index (Phi) is 3.52. The average molecular weight is 205 g/mol. The Balaban J connectivity index is 2.68. The molecule has 1 aromatic carbocycles. The number of amides is 2. The van der Waals surface area contributed by atoms with Crippen molar-refractivity contribution in [2.24, 2.45) is 0 Å². The first-order valence-electron chi connectivity index (χ1n) is 4.35. The molecule has 1 rings (SSSR count). The van der Waals surface area contributed by atoms with Crippen LogP contribution in [0.5, 0.6) is 5.75 Å². The van der Waals surface area contributed by atoms with Crippen molar-refractivity contribution in [1.82, 2.24) is 5.32 Å². The quantitative estimate of drug-likeness (QED) is 0.503. The number of aryl methyl sites for hydroxylation is 1. The van der Waals surface area contributed by atoms with E-state index in [0.29, 0.717) is 5.69 Å². The second-order valence-electron chi connectivity index (χ2n) is 2.99.